The number of carbonyl (C=O) groups is 1. The standard InChI is InChI=1S/C7H15NO4S/c1-7(2,3)8-13(10,11)5-6(9)12-4/h8H,5H2,1-4H3. The third kappa shape index (κ3) is 6.53. The lowest BCUT2D eigenvalue weighted by atomic mass is 10.1. The topological polar surface area (TPSA) is 72.5 Å². The number of hydrogen-bond acceptors (Lipinski definition) is 4. The van der Waals surface area contributed by atoms with Crippen LogP contribution in [0.1, 0.15) is 20.8 Å². The van der Waals surface area contributed by atoms with E-state index in [1.807, 2.05) is 0 Å². The van der Waals surface area contributed by atoms with Gasteiger partial charge in [0.25, 0.3) is 0 Å². The number of sulfonamides is 1. The summed E-state index contributed by atoms with van der Waals surface area (Å²) >= 11 is 0. The summed E-state index contributed by atoms with van der Waals surface area (Å²) in [6.45, 7) is 5.09. The van der Waals surface area contributed by atoms with Crippen LogP contribution in [0.3, 0.4) is 0 Å². The van der Waals surface area contributed by atoms with Crippen LogP contribution in [0, 0.1) is 0 Å². The molecule has 13 heavy (non-hydrogen) atoms. The molecule has 0 fully saturated rings. The van der Waals surface area contributed by atoms with Gasteiger partial charge in [-0.15, -0.1) is 0 Å². The smallest absolute Gasteiger partial charge is 0.322 e. The van der Waals surface area contributed by atoms with Crippen LogP contribution in [-0.4, -0.2) is 32.8 Å². The van der Waals surface area contributed by atoms with E-state index in [9.17, 15) is 13.2 Å². The zero-order valence-electron chi connectivity index (χ0n) is 8.25. The highest BCUT2D eigenvalue weighted by atomic mass is 32.2. The van der Waals surface area contributed by atoms with E-state index in [-0.39, 0.29) is 0 Å². The maximum absolute atomic E-state index is 11.2. The van der Waals surface area contributed by atoms with Crippen LogP contribution in [-0.2, 0) is 19.6 Å². The van der Waals surface area contributed by atoms with Crippen molar-refractivity contribution in [2.24, 2.45) is 0 Å². The van der Waals surface area contributed by atoms with E-state index in [1.165, 1.54) is 0 Å². The molecule has 0 heterocycles. The maximum atomic E-state index is 11.2. The highest BCUT2D eigenvalue weighted by molar-refractivity contribution is 7.90. The zero-order chi connectivity index (χ0) is 10.7. The Bertz CT molecular complexity index is 275. The number of rotatable bonds is 3. The van der Waals surface area contributed by atoms with E-state index in [1.54, 1.807) is 20.8 Å². The van der Waals surface area contributed by atoms with Gasteiger partial charge in [-0.25, -0.2) is 13.1 Å². The fraction of sp³-hybridized carbons (Fsp3) is 0.857. The second-order valence-electron chi connectivity index (χ2n) is 3.69. The Morgan fingerprint density at radius 3 is 2.15 bits per heavy atom. The minimum absolute atomic E-state index is 0.577. The second kappa shape index (κ2) is 4.06. The normalized spacial score (nSPS) is 12.6. The third-order valence-electron chi connectivity index (χ3n) is 0.997. The van der Waals surface area contributed by atoms with Gasteiger partial charge in [0, 0.05) is 5.54 Å². The first kappa shape index (κ1) is 12.4. The molecule has 78 valence electrons. The van der Waals surface area contributed by atoms with Crippen molar-refractivity contribution in [3.63, 3.8) is 0 Å². The Kier molecular flexibility index (Phi) is 3.87. The molecule has 0 aromatic rings. The van der Waals surface area contributed by atoms with E-state index in [0.29, 0.717) is 0 Å². The molecule has 0 aromatic carbocycles. The number of carbonyl (C=O) groups excluding carboxylic acids is 1. The van der Waals surface area contributed by atoms with Crippen LogP contribution in [0.5, 0.6) is 0 Å². The highest BCUT2D eigenvalue weighted by Crippen LogP contribution is 2.02. The summed E-state index contributed by atoms with van der Waals surface area (Å²) < 4.78 is 29.0. The summed E-state index contributed by atoms with van der Waals surface area (Å²) in [7, 11) is -2.43. The van der Waals surface area contributed by atoms with E-state index in [2.05, 4.69) is 9.46 Å². The van der Waals surface area contributed by atoms with Crippen molar-refractivity contribution in [2.75, 3.05) is 12.9 Å². The number of nitrogens with one attached hydrogen (secondary N) is 1. The second-order valence-corrected chi connectivity index (χ2v) is 5.41. The van der Waals surface area contributed by atoms with E-state index < -0.39 is 27.3 Å². The first-order chi connectivity index (χ1) is 5.66. The number of esters is 1. The largest absolute Gasteiger partial charge is 0.468 e. The lowest BCUT2D eigenvalue weighted by Gasteiger charge is -2.19. The first-order valence-corrected chi connectivity index (χ1v) is 5.40. The quantitative estimate of drug-likeness (QED) is 0.658. The van der Waals surface area contributed by atoms with Gasteiger partial charge in [-0.3, -0.25) is 4.79 Å². The lowest BCUT2D eigenvalue weighted by Crippen LogP contribution is -2.43. The first-order valence-electron chi connectivity index (χ1n) is 3.75. The van der Waals surface area contributed by atoms with Crippen LogP contribution in [0.15, 0.2) is 0 Å². The van der Waals surface area contributed by atoms with E-state index in [4.69, 9.17) is 0 Å². The third-order valence-corrected chi connectivity index (χ3v) is 2.54. The molecule has 0 aliphatic carbocycles. The van der Waals surface area contributed by atoms with Gasteiger partial charge in [0.15, 0.2) is 5.75 Å². The molecule has 0 spiro atoms. The van der Waals surface area contributed by atoms with Crippen molar-refractivity contribution in [1.29, 1.82) is 0 Å². The molecule has 0 aromatic heterocycles. The van der Waals surface area contributed by atoms with Gasteiger partial charge in [0.1, 0.15) is 0 Å². The average Bonchev–Trinajstić information content (AvgIpc) is 1.80. The molecule has 6 heteroatoms. The van der Waals surface area contributed by atoms with Gasteiger partial charge in [-0.05, 0) is 20.8 Å². The molecule has 0 unspecified atom stereocenters. The van der Waals surface area contributed by atoms with Gasteiger partial charge in [-0.2, -0.15) is 0 Å². The molecule has 0 aliphatic rings. The molecule has 5 nitrogen and oxygen atoms in total. The predicted molar refractivity (Wildman–Crippen MR) is 48.7 cm³/mol. The SMILES string of the molecule is COC(=O)CS(=O)(=O)NC(C)(C)C. The van der Waals surface area contributed by atoms with Crippen molar-refractivity contribution in [1.82, 2.24) is 4.72 Å². The summed E-state index contributed by atoms with van der Waals surface area (Å²) in [5.74, 6) is -1.41. The number of methoxy groups -OCH3 is 1. The molecule has 0 radical (unpaired) electrons. The Morgan fingerprint density at radius 1 is 1.38 bits per heavy atom. The van der Waals surface area contributed by atoms with Gasteiger partial charge in [0.2, 0.25) is 10.0 Å². The predicted octanol–water partition coefficient (Wildman–Crippen LogP) is -0.123. The van der Waals surface area contributed by atoms with Crippen LogP contribution < -0.4 is 4.72 Å². The van der Waals surface area contributed by atoms with Crippen molar-refractivity contribution in [2.45, 2.75) is 26.3 Å². The van der Waals surface area contributed by atoms with Crippen LogP contribution in [0.2, 0.25) is 0 Å². The Hall–Kier alpha value is -0.620. The summed E-state index contributed by atoms with van der Waals surface area (Å²) in [6, 6.07) is 0. The van der Waals surface area contributed by atoms with Crippen molar-refractivity contribution >= 4 is 16.0 Å². The van der Waals surface area contributed by atoms with Crippen LogP contribution in [0.25, 0.3) is 0 Å². The van der Waals surface area contributed by atoms with E-state index in [0.717, 1.165) is 7.11 Å². The van der Waals surface area contributed by atoms with Crippen LogP contribution in [0.4, 0.5) is 0 Å². The molecule has 0 atom stereocenters. The molecule has 0 saturated carbocycles. The molecule has 0 amide bonds. The lowest BCUT2D eigenvalue weighted by molar-refractivity contribution is -0.137. The number of ether oxygens (including phenoxy) is 1. The minimum atomic E-state index is -3.58. The molecular weight excluding hydrogens is 194 g/mol. The molecule has 0 aliphatic heterocycles. The molecule has 0 bridgehead atoms. The highest BCUT2D eigenvalue weighted by Gasteiger charge is 2.22. The average molecular weight is 209 g/mol. The van der Waals surface area contributed by atoms with Crippen molar-refractivity contribution in [3.8, 4) is 0 Å². The monoisotopic (exact) mass is 209 g/mol. The zero-order valence-corrected chi connectivity index (χ0v) is 9.06. The molecular formula is C7H15NO4S. The van der Waals surface area contributed by atoms with Crippen molar-refractivity contribution in [3.05, 3.63) is 0 Å². The summed E-state index contributed by atoms with van der Waals surface area (Å²) in [5, 5.41) is 0. The van der Waals surface area contributed by atoms with Crippen molar-refractivity contribution < 1.29 is 17.9 Å². The molecule has 1 N–H and O–H groups in total. The fourth-order valence-corrected chi connectivity index (χ4v) is 2.15. The number of hydrogen-bond donors (Lipinski definition) is 1. The Morgan fingerprint density at radius 2 is 1.85 bits per heavy atom. The van der Waals surface area contributed by atoms with E-state index >= 15 is 0 Å². The Labute approximate surface area is 78.5 Å². The summed E-state index contributed by atoms with van der Waals surface area (Å²) in [4.78, 5) is 10.7. The minimum Gasteiger partial charge on any atom is -0.468 e. The maximum Gasteiger partial charge on any atom is 0.322 e. The molecule has 0 rings (SSSR count). The van der Waals surface area contributed by atoms with Gasteiger partial charge >= 0.3 is 5.97 Å². The van der Waals surface area contributed by atoms with Gasteiger partial charge in [-0.1, -0.05) is 0 Å². The molecule has 0 saturated heterocycles. The van der Waals surface area contributed by atoms with Crippen LogP contribution >= 0.6 is 0 Å². The summed E-state index contributed by atoms with van der Waals surface area (Å²) in [6.07, 6.45) is 0. The fourth-order valence-electron chi connectivity index (χ4n) is 0.717. The van der Waals surface area contributed by atoms with Gasteiger partial charge in [0.05, 0.1) is 7.11 Å². The Balaban J connectivity index is 4.35. The summed E-state index contributed by atoms with van der Waals surface area (Å²) in [5.41, 5.74) is -0.577. The van der Waals surface area contributed by atoms with Gasteiger partial charge < -0.3 is 4.74 Å².